The van der Waals surface area contributed by atoms with Crippen molar-refractivity contribution in [3.8, 4) is 0 Å². The van der Waals surface area contributed by atoms with E-state index >= 15 is 0 Å². The molecule has 0 radical (unpaired) electrons. The summed E-state index contributed by atoms with van der Waals surface area (Å²) in [5, 5.41) is 121. The van der Waals surface area contributed by atoms with Crippen molar-refractivity contribution in [1.29, 1.82) is 0 Å². The Morgan fingerprint density at radius 3 is 1.03 bits per heavy atom. The predicted molar refractivity (Wildman–Crippen MR) is 393 cm³/mol. The molecule has 3 aliphatic heterocycles. The second-order valence-electron chi connectivity index (χ2n) is 29.6. The molecule has 99 heavy (non-hydrogen) atoms. The lowest BCUT2D eigenvalue weighted by atomic mass is 9.96. The summed E-state index contributed by atoms with van der Waals surface area (Å²) in [6.07, 6.45) is 47.0. The van der Waals surface area contributed by atoms with Crippen LogP contribution in [0.15, 0.2) is 24.3 Å². The summed E-state index contributed by atoms with van der Waals surface area (Å²) in [5.41, 5.74) is 0. The molecular weight excluding hydrogens is 1260 g/mol. The lowest BCUT2D eigenvalue weighted by molar-refractivity contribution is -0.379. The van der Waals surface area contributed by atoms with Crippen molar-refractivity contribution in [3.05, 3.63) is 24.3 Å². The average molecular weight is 1420 g/mol. The number of hydrogen-bond donors (Lipinski definition) is 12. The maximum absolute atomic E-state index is 13.5. The second-order valence-corrected chi connectivity index (χ2v) is 29.6. The zero-order valence-electron chi connectivity index (χ0n) is 62.5. The molecule has 0 saturated carbocycles. The largest absolute Gasteiger partial charge is 0.394 e. The van der Waals surface area contributed by atoms with Gasteiger partial charge in [0.1, 0.15) is 73.2 Å². The number of ether oxygens (including phenoxy) is 6. The molecule has 19 nitrogen and oxygen atoms in total. The first-order valence-electron chi connectivity index (χ1n) is 41.1. The maximum Gasteiger partial charge on any atom is 0.220 e. The molecule has 1 amide bonds. The number of hydrogen-bond acceptors (Lipinski definition) is 18. The minimum atomic E-state index is -1.97. The van der Waals surface area contributed by atoms with Crippen molar-refractivity contribution in [1.82, 2.24) is 5.32 Å². The van der Waals surface area contributed by atoms with Crippen molar-refractivity contribution in [3.63, 3.8) is 0 Å². The van der Waals surface area contributed by atoms with Crippen LogP contribution >= 0.6 is 0 Å². The number of aliphatic hydroxyl groups excluding tert-OH is 11. The van der Waals surface area contributed by atoms with Gasteiger partial charge in [-0.25, -0.2) is 0 Å². The molecule has 0 aliphatic carbocycles. The van der Waals surface area contributed by atoms with Crippen LogP contribution in [-0.4, -0.2) is 193 Å². The van der Waals surface area contributed by atoms with E-state index in [4.69, 9.17) is 28.4 Å². The van der Waals surface area contributed by atoms with Crippen LogP contribution in [0.1, 0.15) is 348 Å². The summed E-state index contributed by atoms with van der Waals surface area (Å²) >= 11 is 0. The van der Waals surface area contributed by atoms with Gasteiger partial charge in [0.15, 0.2) is 18.9 Å². The third kappa shape index (κ3) is 41.7. The minimum Gasteiger partial charge on any atom is -0.394 e. The fraction of sp³-hybridized carbons (Fsp3) is 0.938. The van der Waals surface area contributed by atoms with E-state index in [1.165, 1.54) is 257 Å². The lowest BCUT2D eigenvalue weighted by Crippen LogP contribution is -2.66. The van der Waals surface area contributed by atoms with Gasteiger partial charge in [0.05, 0.1) is 38.6 Å². The van der Waals surface area contributed by atoms with Gasteiger partial charge in [0.2, 0.25) is 5.91 Å². The highest BCUT2D eigenvalue weighted by molar-refractivity contribution is 5.76. The second kappa shape index (κ2) is 61.4. The Kier molecular flexibility index (Phi) is 56.8. The average Bonchev–Trinajstić information content (AvgIpc) is 0.782. The normalized spacial score (nSPS) is 26.7. The van der Waals surface area contributed by atoms with Gasteiger partial charge in [0, 0.05) is 6.42 Å². The monoisotopic (exact) mass is 1410 g/mol. The smallest absolute Gasteiger partial charge is 0.220 e. The van der Waals surface area contributed by atoms with E-state index < -0.39 is 124 Å². The zero-order valence-corrected chi connectivity index (χ0v) is 62.5. The van der Waals surface area contributed by atoms with Gasteiger partial charge in [-0.3, -0.25) is 4.79 Å². The van der Waals surface area contributed by atoms with E-state index in [0.717, 1.165) is 57.8 Å². The van der Waals surface area contributed by atoms with Gasteiger partial charge in [-0.1, -0.05) is 321 Å². The molecule has 0 spiro atoms. The molecule has 17 atom stereocenters. The first-order valence-corrected chi connectivity index (χ1v) is 41.1. The predicted octanol–water partition coefficient (Wildman–Crippen LogP) is 13.7. The summed E-state index contributed by atoms with van der Waals surface area (Å²) in [4.78, 5) is 13.5. The van der Waals surface area contributed by atoms with Crippen molar-refractivity contribution < 1.29 is 89.4 Å². The van der Waals surface area contributed by atoms with Gasteiger partial charge in [-0.15, -0.1) is 0 Å². The fourth-order valence-corrected chi connectivity index (χ4v) is 14.2. The maximum atomic E-state index is 13.5. The van der Waals surface area contributed by atoms with Crippen LogP contribution in [0, 0.1) is 0 Å². The van der Waals surface area contributed by atoms with E-state index in [1.54, 1.807) is 0 Å². The van der Waals surface area contributed by atoms with Gasteiger partial charge in [0.25, 0.3) is 0 Å². The Labute approximate surface area is 600 Å². The number of rotatable bonds is 66. The van der Waals surface area contributed by atoms with Gasteiger partial charge in [-0.2, -0.15) is 0 Å². The van der Waals surface area contributed by atoms with E-state index in [-0.39, 0.29) is 18.9 Å². The Bertz CT molecular complexity index is 1880. The van der Waals surface area contributed by atoms with Crippen molar-refractivity contribution in [2.45, 2.75) is 452 Å². The molecule has 584 valence electrons. The van der Waals surface area contributed by atoms with Crippen molar-refractivity contribution in [2.24, 2.45) is 0 Å². The van der Waals surface area contributed by atoms with E-state index in [9.17, 15) is 61.0 Å². The third-order valence-corrected chi connectivity index (χ3v) is 20.8. The van der Waals surface area contributed by atoms with Crippen LogP contribution in [0.3, 0.4) is 0 Å². The highest BCUT2D eigenvalue weighted by Gasteiger charge is 2.54. The van der Waals surface area contributed by atoms with E-state index in [2.05, 4.69) is 43.5 Å². The van der Waals surface area contributed by atoms with E-state index in [0.29, 0.717) is 12.8 Å². The Balaban J connectivity index is 1.36. The first kappa shape index (κ1) is 91.5. The van der Waals surface area contributed by atoms with Gasteiger partial charge < -0.3 is 89.9 Å². The van der Waals surface area contributed by atoms with Gasteiger partial charge >= 0.3 is 0 Å². The van der Waals surface area contributed by atoms with Crippen molar-refractivity contribution >= 4 is 5.91 Å². The lowest BCUT2D eigenvalue weighted by Gasteiger charge is -2.48. The van der Waals surface area contributed by atoms with Crippen molar-refractivity contribution in [2.75, 3.05) is 26.4 Å². The molecule has 3 fully saturated rings. The summed E-state index contributed by atoms with van der Waals surface area (Å²) in [7, 11) is 0. The van der Waals surface area contributed by atoms with Gasteiger partial charge in [-0.05, 0) is 44.9 Å². The van der Waals surface area contributed by atoms with Crippen LogP contribution in [-0.2, 0) is 33.2 Å². The minimum absolute atomic E-state index is 0.239. The molecule has 0 aromatic rings. The zero-order chi connectivity index (χ0) is 71.8. The topological polar surface area (TPSA) is 307 Å². The number of nitrogens with one attached hydrogen (secondary N) is 1. The highest BCUT2D eigenvalue weighted by atomic mass is 16.8. The molecule has 3 rings (SSSR count). The molecule has 12 N–H and O–H groups in total. The number of aliphatic hydroxyl groups is 11. The first-order chi connectivity index (χ1) is 48.3. The summed E-state index contributed by atoms with van der Waals surface area (Å²) in [6.45, 7) is 1.85. The Morgan fingerprint density at radius 2 is 0.667 bits per heavy atom. The quantitative estimate of drug-likeness (QED) is 0.0199. The molecular formula is C80H151NO18. The SMILES string of the molecule is CCCCCCC/C=C\C/C=C\CCCCCCCCCCCCCC(=O)NC(COC1OC(CO)C(OC2OC(CO)C(OC3OC(CO)C(O)C(O)C3O)C(O)C2O)C(O)C1O)C(O)CCCCCCCCCCCCCCCCCCCCCCCCCCCCCCCCC. The third-order valence-electron chi connectivity index (χ3n) is 20.8. The molecule has 3 heterocycles. The van der Waals surface area contributed by atoms with Crippen LogP contribution < -0.4 is 5.32 Å². The molecule has 3 saturated heterocycles. The number of allylic oxidation sites excluding steroid dienone is 4. The van der Waals surface area contributed by atoms with Crippen LogP contribution in [0.5, 0.6) is 0 Å². The molecule has 3 aliphatic rings. The fourth-order valence-electron chi connectivity index (χ4n) is 14.2. The van der Waals surface area contributed by atoms with Crippen LogP contribution in [0.25, 0.3) is 0 Å². The summed E-state index contributed by atoms with van der Waals surface area (Å²) in [6, 6.07) is -0.889. The van der Waals surface area contributed by atoms with Crippen LogP contribution in [0.2, 0.25) is 0 Å². The molecule has 0 aromatic carbocycles. The Morgan fingerprint density at radius 1 is 0.364 bits per heavy atom. The Hall–Kier alpha value is -1.73. The number of carbonyl (C=O) groups excluding carboxylic acids is 1. The standard InChI is InChI=1S/C80H151NO18/c1-3-5-7-9-11-13-15-17-19-21-23-25-27-28-29-30-31-32-33-34-36-37-39-41-43-45-47-49-51-53-55-57-64(85)63(81-68(86)58-56-54-52-50-48-46-44-42-40-38-35-26-24-22-20-18-16-14-12-10-8-6-4-2)62-94-78-74(92)71(89)76(66(60-83)96-78)99-80-75(93)72(90)77(67(61-84)97-80)98-79-73(91)70(88)69(87)65(59-82)95-79/h16,18,22,24,63-67,69-80,82-85,87-93H,3-15,17,19-21,23,25-62H2,1-2H3,(H,81,86)/b18-16-,24-22-. The number of amides is 1. The van der Waals surface area contributed by atoms with Crippen LogP contribution in [0.4, 0.5) is 0 Å². The highest BCUT2D eigenvalue weighted by Crippen LogP contribution is 2.33. The molecule has 0 bridgehead atoms. The number of carbonyl (C=O) groups is 1. The molecule has 17 unspecified atom stereocenters. The number of unbranched alkanes of at least 4 members (excludes halogenated alkanes) is 46. The van der Waals surface area contributed by atoms with E-state index in [1.807, 2.05) is 0 Å². The molecule has 0 aromatic heterocycles. The molecule has 19 heteroatoms. The summed E-state index contributed by atoms with van der Waals surface area (Å²) in [5.74, 6) is -0.239. The summed E-state index contributed by atoms with van der Waals surface area (Å²) < 4.78 is 34.5.